The minimum Gasteiger partial charge on any atom is -0.325 e. The van der Waals surface area contributed by atoms with Gasteiger partial charge in [0.1, 0.15) is 9.77 Å². The van der Waals surface area contributed by atoms with Crippen LogP contribution in [0, 0.1) is 0 Å². The van der Waals surface area contributed by atoms with Gasteiger partial charge in [0.25, 0.3) is 5.91 Å². The quantitative estimate of drug-likeness (QED) is 0.737. The van der Waals surface area contributed by atoms with Gasteiger partial charge in [-0.15, -0.1) is 11.3 Å². The summed E-state index contributed by atoms with van der Waals surface area (Å²) >= 11 is 7.20. The van der Waals surface area contributed by atoms with Crippen LogP contribution in [0.4, 0.5) is 11.4 Å². The highest BCUT2D eigenvalue weighted by molar-refractivity contribution is 7.89. The Labute approximate surface area is 172 Å². The molecule has 0 bridgehead atoms. The lowest BCUT2D eigenvalue weighted by Crippen LogP contribution is -2.36. The van der Waals surface area contributed by atoms with Gasteiger partial charge in [0, 0.05) is 25.7 Å². The molecule has 0 radical (unpaired) electrons. The van der Waals surface area contributed by atoms with Crippen LogP contribution in [0.2, 0.25) is 5.02 Å². The summed E-state index contributed by atoms with van der Waals surface area (Å²) in [5.74, 6) is -0.779. The average molecular weight is 442 g/mol. The van der Waals surface area contributed by atoms with Gasteiger partial charge in [-0.05, 0) is 42.5 Å². The lowest BCUT2D eigenvalue weighted by Gasteiger charge is -2.25. The maximum absolute atomic E-state index is 12.9. The molecule has 0 aliphatic carbocycles. The number of halogens is 1. The number of amides is 2. The summed E-state index contributed by atoms with van der Waals surface area (Å²) in [6, 6.07) is 6.12. The van der Waals surface area contributed by atoms with E-state index in [9.17, 15) is 18.0 Å². The number of hydrogen-bond donors (Lipinski definition) is 2. The first-order valence-corrected chi connectivity index (χ1v) is 11.4. The number of carbonyl (C=O) groups excluding carboxylic acids is 2. The fraction of sp³-hybridized carbons (Fsp3) is 0.333. The molecule has 1 aromatic heterocycles. The van der Waals surface area contributed by atoms with Gasteiger partial charge in [-0.3, -0.25) is 9.59 Å². The third-order valence-corrected chi connectivity index (χ3v) is 7.60. The van der Waals surface area contributed by atoms with E-state index >= 15 is 0 Å². The van der Waals surface area contributed by atoms with E-state index in [2.05, 4.69) is 10.6 Å². The molecule has 150 valence electrons. The first-order valence-electron chi connectivity index (χ1n) is 8.75. The second-order valence-electron chi connectivity index (χ2n) is 6.41. The second-order valence-corrected chi connectivity index (χ2v) is 9.64. The van der Waals surface area contributed by atoms with Crippen molar-refractivity contribution in [3.63, 3.8) is 0 Å². The first-order chi connectivity index (χ1) is 13.3. The summed E-state index contributed by atoms with van der Waals surface area (Å²) < 4.78 is 27.3. The molecule has 7 nitrogen and oxygen atoms in total. The molecule has 1 aromatic carbocycles. The van der Waals surface area contributed by atoms with E-state index in [0.717, 1.165) is 30.6 Å². The van der Waals surface area contributed by atoms with E-state index in [1.54, 1.807) is 17.5 Å². The standard InChI is InChI=1S/C18H20ClN3O4S2/c1-12(23)20-15-6-5-13(11-14(15)19)21-18(24)17-16(7-10-27-17)28(25,26)22-8-3-2-4-9-22/h5-7,10-11H,2-4,8-9H2,1H3,(H,20,23)(H,21,24). The number of rotatable bonds is 5. The van der Waals surface area contributed by atoms with Crippen molar-refractivity contribution in [1.29, 1.82) is 0 Å². The van der Waals surface area contributed by atoms with Crippen molar-refractivity contribution >= 4 is 56.2 Å². The first kappa shape index (κ1) is 20.8. The minimum absolute atomic E-state index is 0.0258. The van der Waals surface area contributed by atoms with E-state index in [1.165, 1.54) is 23.4 Å². The Morgan fingerprint density at radius 1 is 1.11 bits per heavy atom. The highest BCUT2D eigenvalue weighted by atomic mass is 35.5. The lowest BCUT2D eigenvalue weighted by atomic mass is 10.2. The van der Waals surface area contributed by atoms with Crippen molar-refractivity contribution in [2.75, 3.05) is 23.7 Å². The molecule has 28 heavy (non-hydrogen) atoms. The number of thiophene rings is 1. The largest absolute Gasteiger partial charge is 0.325 e. The zero-order valence-corrected chi connectivity index (χ0v) is 17.6. The molecule has 0 saturated carbocycles. The third kappa shape index (κ3) is 4.54. The monoisotopic (exact) mass is 441 g/mol. The summed E-state index contributed by atoms with van der Waals surface area (Å²) in [5.41, 5.74) is 0.829. The van der Waals surface area contributed by atoms with Crippen LogP contribution in [0.25, 0.3) is 0 Å². The predicted octanol–water partition coefficient (Wildman–Crippen LogP) is 3.79. The van der Waals surface area contributed by atoms with Gasteiger partial charge in [0.05, 0.1) is 10.7 Å². The number of sulfonamides is 1. The van der Waals surface area contributed by atoms with Crippen LogP contribution in [0.5, 0.6) is 0 Å². The number of piperidine rings is 1. The van der Waals surface area contributed by atoms with Crippen molar-refractivity contribution in [3.05, 3.63) is 39.5 Å². The molecule has 1 aliphatic rings. The van der Waals surface area contributed by atoms with Crippen LogP contribution in [0.3, 0.4) is 0 Å². The molecule has 2 N–H and O–H groups in total. The number of hydrogen-bond acceptors (Lipinski definition) is 5. The van der Waals surface area contributed by atoms with Crippen LogP contribution in [0.1, 0.15) is 35.9 Å². The molecule has 1 aliphatic heterocycles. The Morgan fingerprint density at radius 3 is 2.46 bits per heavy atom. The SMILES string of the molecule is CC(=O)Nc1ccc(NC(=O)c2sccc2S(=O)(=O)N2CCCCC2)cc1Cl. The second kappa shape index (κ2) is 8.60. The minimum atomic E-state index is -3.71. The summed E-state index contributed by atoms with van der Waals surface area (Å²) in [4.78, 5) is 24.0. The summed E-state index contributed by atoms with van der Waals surface area (Å²) in [5, 5.41) is 7.11. The molecule has 1 fully saturated rings. The molecule has 1 saturated heterocycles. The molecule has 0 atom stereocenters. The predicted molar refractivity (Wildman–Crippen MR) is 111 cm³/mol. The van der Waals surface area contributed by atoms with E-state index in [0.29, 0.717) is 24.5 Å². The Balaban J connectivity index is 1.80. The Hall–Kier alpha value is -1.94. The third-order valence-electron chi connectivity index (χ3n) is 4.31. The molecule has 0 spiro atoms. The summed E-state index contributed by atoms with van der Waals surface area (Å²) in [6.07, 6.45) is 2.66. The van der Waals surface area contributed by atoms with E-state index in [4.69, 9.17) is 11.6 Å². The van der Waals surface area contributed by atoms with Gasteiger partial charge >= 0.3 is 0 Å². The summed E-state index contributed by atoms with van der Waals surface area (Å²) in [6.45, 7) is 2.31. The maximum Gasteiger partial charge on any atom is 0.267 e. The number of nitrogens with zero attached hydrogens (tertiary/aromatic N) is 1. The fourth-order valence-electron chi connectivity index (χ4n) is 2.98. The van der Waals surface area contributed by atoms with Crippen molar-refractivity contribution in [2.24, 2.45) is 0 Å². The van der Waals surface area contributed by atoms with Crippen molar-refractivity contribution in [3.8, 4) is 0 Å². The molecule has 3 rings (SSSR count). The Morgan fingerprint density at radius 2 is 1.82 bits per heavy atom. The average Bonchev–Trinajstić information content (AvgIpc) is 3.15. The molecule has 2 aromatic rings. The van der Waals surface area contributed by atoms with E-state index in [-0.39, 0.29) is 20.7 Å². The Kier molecular flexibility index (Phi) is 6.39. The van der Waals surface area contributed by atoms with Gasteiger partial charge in [-0.2, -0.15) is 4.31 Å². The van der Waals surface area contributed by atoms with Gasteiger partial charge in [0.15, 0.2) is 0 Å². The molecular weight excluding hydrogens is 422 g/mol. The van der Waals surface area contributed by atoms with Crippen LogP contribution < -0.4 is 10.6 Å². The number of carbonyl (C=O) groups is 2. The van der Waals surface area contributed by atoms with Crippen LogP contribution in [-0.4, -0.2) is 37.6 Å². The number of benzene rings is 1. The van der Waals surface area contributed by atoms with E-state index in [1.807, 2.05) is 0 Å². The van der Waals surface area contributed by atoms with Crippen molar-refractivity contribution < 1.29 is 18.0 Å². The summed E-state index contributed by atoms with van der Waals surface area (Å²) in [7, 11) is -3.71. The molecule has 2 heterocycles. The zero-order chi connectivity index (χ0) is 20.3. The molecular formula is C18H20ClN3O4S2. The highest BCUT2D eigenvalue weighted by Crippen LogP contribution is 2.29. The van der Waals surface area contributed by atoms with Crippen molar-refractivity contribution in [2.45, 2.75) is 31.1 Å². The molecule has 10 heteroatoms. The Bertz CT molecular complexity index is 998. The normalized spacial score (nSPS) is 15.2. The smallest absolute Gasteiger partial charge is 0.267 e. The van der Waals surface area contributed by atoms with Gasteiger partial charge < -0.3 is 10.6 Å². The maximum atomic E-state index is 12.9. The zero-order valence-electron chi connectivity index (χ0n) is 15.2. The molecule has 2 amide bonds. The lowest BCUT2D eigenvalue weighted by molar-refractivity contribution is -0.114. The van der Waals surface area contributed by atoms with Gasteiger partial charge in [-0.25, -0.2) is 8.42 Å². The van der Waals surface area contributed by atoms with Crippen LogP contribution in [0.15, 0.2) is 34.5 Å². The fourth-order valence-corrected chi connectivity index (χ4v) is 6.02. The molecule has 0 unspecified atom stereocenters. The highest BCUT2D eigenvalue weighted by Gasteiger charge is 2.31. The van der Waals surface area contributed by atoms with Gasteiger partial charge in [0.2, 0.25) is 15.9 Å². The van der Waals surface area contributed by atoms with Crippen LogP contribution >= 0.6 is 22.9 Å². The van der Waals surface area contributed by atoms with E-state index < -0.39 is 15.9 Å². The number of nitrogens with one attached hydrogen (secondary N) is 2. The van der Waals surface area contributed by atoms with Crippen LogP contribution in [-0.2, 0) is 14.8 Å². The van der Waals surface area contributed by atoms with Crippen molar-refractivity contribution in [1.82, 2.24) is 4.31 Å². The van der Waals surface area contributed by atoms with Gasteiger partial charge in [-0.1, -0.05) is 18.0 Å². The topological polar surface area (TPSA) is 95.6 Å². The number of anilines is 2.